The average Bonchev–Trinajstić information content (AvgIpc) is 1.79. The molecule has 0 aromatic carbocycles. The van der Waals surface area contributed by atoms with E-state index in [1.54, 1.807) is 4.72 Å². The molecule has 1 heterocycles. The third kappa shape index (κ3) is 1.19. The molecule has 0 aromatic heterocycles. The van der Waals surface area contributed by atoms with Crippen molar-refractivity contribution in [3.63, 3.8) is 0 Å². The van der Waals surface area contributed by atoms with Gasteiger partial charge in [0.15, 0.2) is 0 Å². The van der Waals surface area contributed by atoms with E-state index in [1.807, 2.05) is 0 Å². The van der Waals surface area contributed by atoms with Gasteiger partial charge in [-0.3, -0.25) is 4.79 Å². The van der Waals surface area contributed by atoms with Crippen LogP contribution in [0.25, 0.3) is 0 Å². The van der Waals surface area contributed by atoms with Crippen molar-refractivity contribution in [2.45, 2.75) is 13.0 Å². The molecule has 1 rings (SSSR count). The van der Waals surface area contributed by atoms with Crippen molar-refractivity contribution in [3.8, 4) is 0 Å². The zero-order valence-electron chi connectivity index (χ0n) is 4.71. The minimum absolute atomic E-state index is 0.505. The molecule has 0 aliphatic carbocycles. The minimum Gasteiger partial charge on any atom is -0.272 e. The SMILES string of the molecule is CC1NS(=O)(=O)NC1=O. The molecule has 52 valence electrons. The number of carbonyl (C=O) groups excluding carboxylic acids is 1. The first-order valence-electron chi connectivity index (χ1n) is 2.35. The molecule has 1 fully saturated rings. The molecule has 1 atom stereocenters. The molecule has 5 nitrogen and oxygen atoms in total. The van der Waals surface area contributed by atoms with Crippen LogP contribution in [0.4, 0.5) is 0 Å². The zero-order valence-corrected chi connectivity index (χ0v) is 5.53. The second kappa shape index (κ2) is 1.68. The highest BCUT2D eigenvalue weighted by Gasteiger charge is 2.30. The van der Waals surface area contributed by atoms with Crippen LogP contribution >= 0.6 is 0 Å². The lowest BCUT2D eigenvalue weighted by Gasteiger charge is -1.90. The van der Waals surface area contributed by atoms with Gasteiger partial charge in [0.25, 0.3) is 5.91 Å². The Labute approximate surface area is 52.6 Å². The molecule has 1 aliphatic heterocycles. The molecule has 1 aliphatic rings. The van der Waals surface area contributed by atoms with E-state index in [0.29, 0.717) is 0 Å². The highest BCUT2D eigenvalue weighted by molar-refractivity contribution is 7.88. The lowest BCUT2D eigenvalue weighted by molar-refractivity contribution is -0.119. The van der Waals surface area contributed by atoms with Crippen LogP contribution < -0.4 is 9.44 Å². The average molecular weight is 150 g/mol. The summed E-state index contributed by atoms with van der Waals surface area (Å²) in [5.74, 6) is -0.505. The molecule has 9 heavy (non-hydrogen) atoms. The van der Waals surface area contributed by atoms with Crippen molar-refractivity contribution in [1.29, 1.82) is 0 Å². The van der Waals surface area contributed by atoms with Crippen LogP contribution in [0.5, 0.6) is 0 Å². The largest absolute Gasteiger partial charge is 0.302 e. The third-order valence-electron chi connectivity index (χ3n) is 0.960. The van der Waals surface area contributed by atoms with E-state index >= 15 is 0 Å². The van der Waals surface area contributed by atoms with Crippen LogP contribution in [0.1, 0.15) is 6.92 Å². The van der Waals surface area contributed by atoms with E-state index in [-0.39, 0.29) is 0 Å². The lowest BCUT2D eigenvalue weighted by atomic mass is 10.4. The smallest absolute Gasteiger partial charge is 0.272 e. The van der Waals surface area contributed by atoms with Crippen LogP contribution in [0, 0.1) is 0 Å². The highest BCUT2D eigenvalue weighted by atomic mass is 32.2. The molecule has 1 amide bonds. The topological polar surface area (TPSA) is 75.3 Å². The Kier molecular flexibility index (Phi) is 1.21. The van der Waals surface area contributed by atoms with E-state index in [0.717, 1.165) is 0 Å². The van der Waals surface area contributed by atoms with Crippen LogP contribution in [0.2, 0.25) is 0 Å². The first-order valence-corrected chi connectivity index (χ1v) is 3.83. The Morgan fingerprint density at radius 1 is 1.56 bits per heavy atom. The molecular weight excluding hydrogens is 144 g/mol. The minimum atomic E-state index is -3.49. The van der Waals surface area contributed by atoms with E-state index in [4.69, 9.17) is 0 Å². The van der Waals surface area contributed by atoms with Gasteiger partial charge in [-0.15, -0.1) is 0 Å². The van der Waals surface area contributed by atoms with Crippen LogP contribution in [0.3, 0.4) is 0 Å². The summed E-state index contributed by atoms with van der Waals surface area (Å²) in [4.78, 5) is 10.4. The monoisotopic (exact) mass is 150 g/mol. The number of rotatable bonds is 0. The first kappa shape index (κ1) is 6.50. The fourth-order valence-electron chi connectivity index (χ4n) is 0.537. The van der Waals surface area contributed by atoms with Gasteiger partial charge in [-0.1, -0.05) is 0 Å². The van der Waals surface area contributed by atoms with Gasteiger partial charge in [0.2, 0.25) is 0 Å². The molecule has 0 aromatic rings. The van der Waals surface area contributed by atoms with Crippen molar-refractivity contribution in [2.75, 3.05) is 0 Å². The summed E-state index contributed by atoms with van der Waals surface area (Å²) in [5, 5.41) is 0. The van der Waals surface area contributed by atoms with Crippen molar-refractivity contribution in [2.24, 2.45) is 0 Å². The molecule has 1 unspecified atom stereocenters. The van der Waals surface area contributed by atoms with E-state index in [9.17, 15) is 13.2 Å². The molecule has 2 N–H and O–H groups in total. The Morgan fingerprint density at radius 3 is 2.22 bits per heavy atom. The zero-order chi connectivity index (χ0) is 7.07. The van der Waals surface area contributed by atoms with Gasteiger partial charge < -0.3 is 0 Å². The first-order chi connectivity index (χ1) is 4.01. The summed E-state index contributed by atoms with van der Waals surface area (Å²) in [6.45, 7) is 1.47. The highest BCUT2D eigenvalue weighted by Crippen LogP contribution is 1.94. The number of amides is 1. The van der Waals surface area contributed by atoms with Crippen molar-refractivity contribution >= 4 is 16.1 Å². The predicted octanol–water partition coefficient (Wildman–Crippen LogP) is -1.66. The Balaban J connectivity index is 2.90. The Hall–Kier alpha value is -0.620. The van der Waals surface area contributed by atoms with Gasteiger partial charge in [-0.2, -0.15) is 13.1 Å². The molecule has 1 saturated heterocycles. The van der Waals surface area contributed by atoms with Crippen molar-refractivity contribution < 1.29 is 13.2 Å². The number of hydrogen-bond donors (Lipinski definition) is 2. The summed E-state index contributed by atoms with van der Waals surface area (Å²) in [7, 11) is -3.49. The standard InChI is InChI=1S/C3H6N2O3S/c1-2-3(6)5-9(7,8)4-2/h2,4H,1H3,(H,5,6). The summed E-state index contributed by atoms with van der Waals surface area (Å²) < 4.78 is 24.6. The second-order valence-electron chi connectivity index (χ2n) is 1.81. The molecular formula is C3H6N2O3S. The molecule has 0 saturated carbocycles. The lowest BCUT2D eigenvalue weighted by Crippen LogP contribution is -2.25. The van der Waals surface area contributed by atoms with E-state index in [2.05, 4.69) is 4.72 Å². The Morgan fingerprint density at radius 2 is 2.11 bits per heavy atom. The quantitative estimate of drug-likeness (QED) is 0.434. The molecule has 0 spiro atoms. The number of hydrogen-bond acceptors (Lipinski definition) is 3. The third-order valence-corrected chi connectivity index (χ3v) is 2.09. The van der Waals surface area contributed by atoms with Gasteiger partial charge in [0.05, 0.1) is 0 Å². The summed E-state index contributed by atoms with van der Waals surface area (Å²) in [6.07, 6.45) is 0. The van der Waals surface area contributed by atoms with Gasteiger partial charge in [0, 0.05) is 0 Å². The second-order valence-corrected chi connectivity index (χ2v) is 3.26. The van der Waals surface area contributed by atoms with Crippen LogP contribution in [-0.2, 0) is 15.0 Å². The number of nitrogens with one attached hydrogen (secondary N) is 2. The summed E-state index contributed by atoms with van der Waals surface area (Å²) >= 11 is 0. The van der Waals surface area contributed by atoms with Crippen LogP contribution in [0.15, 0.2) is 0 Å². The normalized spacial score (nSPS) is 32.1. The van der Waals surface area contributed by atoms with Crippen LogP contribution in [-0.4, -0.2) is 20.4 Å². The van der Waals surface area contributed by atoms with Gasteiger partial charge >= 0.3 is 10.2 Å². The number of carbonyl (C=O) groups is 1. The molecule has 6 heteroatoms. The molecule has 0 bridgehead atoms. The maximum absolute atomic E-state index is 10.4. The van der Waals surface area contributed by atoms with Gasteiger partial charge in [-0.25, -0.2) is 4.72 Å². The summed E-state index contributed by atoms with van der Waals surface area (Å²) in [6, 6.07) is -0.630. The van der Waals surface area contributed by atoms with E-state index in [1.165, 1.54) is 6.92 Å². The van der Waals surface area contributed by atoms with E-state index < -0.39 is 22.2 Å². The fraction of sp³-hybridized carbons (Fsp3) is 0.667. The summed E-state index contributed by atoms with van der Waals surface area (Å²) in [5.41, 5.74) is 0. The van der Waals surface area contributed by atoms with Crippen molar-refractivity contribution in [1.82, 2.24) is 9.44 Å². The molecule has 0 radical (unpaired) electrons. The Bertz CT molecular complexity index is 231. The maximum Gasteiger partial charge on any atom is 0.302 e. The predicted molar refractivity (Wildman–Crippen MR) is 29.7 cm³/mol. The van der Waals surface area contributed by atoms with Gasteiger partial charge in [-0.05, 0) is 6.92 Å². The maximum atomic E-state index is 10.4. The van der Waals surface area contributed by atoms with Gasteiger partial charge in [0.1, 0.15) is 6.04 Å². The fourth-order valence-corrected chi connectivity index (χ4v) is 1.61. The van der Waals surface area contributed by atoms with Crippen molar-refractivity contribution in [3.05, 3.63) is 0 Å².